The smallest absolute Gasteiger partial charge is 0.303 e. The van der Waals surface area contributed by atoms with Crippen molar-refractivity contribution in [3.05, 3.63) is 89.2 Å². The van der Waals surface area contributed by atoms with Gasteiger partial charge in [0.15, 0.2) is 12.3 Å². The number of unbranched alkanes of at least 4 members (excludes halogenated alkanes) is 2. The van der Waals surface area contributed by atoms with Crippen LogP contribution in [-0.2, 0) is 55.5 Å². The van der Waals surface area contributed by atoms with Crippen molar-refractivity contribution in [2.24, 2.45) is 0 Å². The Kier molecular flexibility index (Phi) is 17.4. The maximum atomic E-state index is 13.2. The van der Waals surface area contributed by atoms with Gasteiger partial charge in [-0.15, -0.1) is 0 Å². The van der Waals surface area contributed by atoms with Crippen LogP contribution in [0.3, 0.4) is 0 Å². The van der Waals surface area contributed by atoms with E-state index in [9.17, 15) is 53.6 Å². The maximum absolute atomic E-state index is 13.2. The molecule has 0 radical (unpaired) electrons. The number of hydrogen-bond donors (Lipinski definition) is 5. The number of allylic oxidation sites excluding steroid dienone is 6. The predicted molar refractivity (Wildman–Crippen MR) is 234 cm³/mol. The Morgan fingerprint density at radius 2 is 1.45 bits per heavy atom. The van der Waals surface area contributed by atoms with Crippen LogP contribution in [0, 0.1) is 0 Å². The van der Waals surface area contributed by atoms with Crippen LogP contribution in [0.4, 0.5) is 11.4 Å². The highest BCUT2D eigenvalue weighted by Crippen LogP contribution is 2.51. The SMILES string of the molecule is COCCNC(=O)c1ccc2c(c1)C(C)(CCCS(=O)(=O)O)\C(=C/C=C/C=C/C1=[N+](CCOC)c3ccc(S(=O)(=O)O)cc3C1(C)CCCS(=O)(=O)O)N2CCCCCC(=O)O. The van der Waals surface area contributed by atoms with Crippen molar-refractivity contribution in [2.45, 2.75) is 80.9 Å². The number of benzene rings is 2. The van der Waals surface area contributed by atoms with Gasteiger partial charge in [0.1, 0.15) is 6.61 Å². The molecule has 0 aromatic heterocycles. The van der Waals surface area contributed by atoms with Gasteiger partial charge >= 0.3 is 5.97 Å². The van der Waals surface area contributed by atoms with Crippen LogP contribution >= 0.6 is 0 Å². The molecule has 2 aromatic rings. The molecule has 0 saturated carbocycles. The minimum Gasteiger partial charge on any atom is -0.481 e. The van der Waals surface area contributed by atoms with Gasteiger partial charge in [0.2, 0.25) is 5.69 Å². The molecule has 2 atom stereocenters. The summed E-state index contributed by atoms with van der Waals surface area (Å²) in [4.78, 5) is 26.1. The molecule has 1 amide bonds. The van der Waals surface area contributed by atoms with E-state index in [1.807, 2.05) is 36.6 Å². The second kappa shape index (κ2) is 21.4. The number of carboxylic acid groups (broad SMARTS) is 1. The van der Waals surface area contributed by atoms with Gasteiger partial charge in [0.05, 0.1) is 28.4 Å². The van der Waals surface area contributed by atoms with Crippen molar-refractivity contribution in [1.29, 1.82) is 0 Å². The van der Waals surface area contributed by atoms with E-state index in [4.69, 9.17) is 9.47 Å². The van der Waals surface area contributed by atoms with Crippen molar-refractivity contribution >= 4 is 59.3 Å². The number of carboxylic acids is 1. The molecule has 62 heavy (non-hydrogen) atoms. The number of carbonyl (C=O) groups is 2. The van der Waals surface area contributed by atoms with Gasteiger partial charge in [-0.2, -0.15) is 29.8 Å². The van der Waals surface area contributed by atoms with Crippen LogP contribution in [0.2, 0.25) is 0 Å². The zero-order chi connectivity index (χ0) is 45.9. The third-order valence-electron chi connectivity index (χ3n) is 11.3. The van der Waals surface area contributed by atoms with Crippen LogP contribution in [0.25, 0.3) is 0 Å². The van der Waals surface area contributed by atoms with Crippen LogP contribution < -0.4 is 10.2 Å². The Balaban J connectivity index is 1.81. The van der Waals surface area contributed by atoms with Crippen molar-refractivity contribution in [1.82, 2.24) is 5.32 Å². The first-order valence-corrected chi connectivity index (χ1v) is 24.8. The molecule has 20 heteroatoms. The molecule has 2 aliphatic heterocycles. The summed E-state index contributed by atoms with van der Waals surface area (Å²) in [5.41, 5.74) is 2.71. The fourth-order valence-electron chi connectivity index (χ4n) is 8.24. The lowest BCUT2D eigenvalue weighted by atomic mass is 9.76. The normalized spacial score (nSPS) is 19.9. The largest absolute Gasteiger partial charge is 0.481 e. The third kappa shape index (κ3) is 13.1. The van der Waals surface area contributed by atoms with E-state index in [0.717, 1.165) is 16.9 Å². The number of carbonyl (C=O) groups excluding carboxylic acids is 1. The molecular weight excluding hydrogens is 867 g/mol. The number of amides is 1. The summed E-state index contributed by atoms with van der Waals surface area (Å²) in [7, 11) is -10.1. The Labute approximate surface area is 364 Å². The summed E-state index contributed by atoms with van der Waals surface area (Å²) in [6, 6.07) is 9.55. The summed E-state index contributed by atoms with van der Waals surface area (Å²) in [6.45, 7) is 5.47. The van der Waals surface area contributed by atoms with Crippen molar-refractivity contribution in [3.8, 4) is 0 Å². The molecule has 17 nitrogen and oxygen atoms in total. The first-order chi connectivity index (χ1) is 29.1. The summed E-state index contributed by atoms with van der Waals surface area (Å²) >= 11 is 0. The van der Waals surface area contributed by atoms with Gasteiger partial charge < -0.3 is 24.8 Å². The van der Waals surface area contributed by atoms with Crippen LogP contribution in [0.5, 0.6) is 0 Å². The van der Waals surface area contributed by atoms with E-state index in [1.54, 1.807) is 36.4 Å². The van der Waals surface area contributed by atoms with Crippen molar-refractivity contribution in [3.63, 3.8) is 0 Å². The average Bonchev–Trinajstić information content (AvgIpc) is 3.54. The van der Waals surface area contributed by atoms with E-state index in [0.29, 0.717) is 61.5 Å². The maximum Gasteiger partial charge on any atom is 0.303 e. The fraction of sp³-hybridized carbons (Fsp3) is 0.500. The summed E-state index contributed by atoms with van der Waals surface area (Å²) in [5, 5.41) is 12.0. The zero-order valence-electron chi connectivity index (χ0n) is 35.4. The van der Waals surface area contributed by atoms with E-state index in [1.165, 1.54) is 26.4 Å². The van der Waals surface area contributed by atoms with Crippen LogP contribution in [-0.4, -0.2) is 125 Å². The highest BCUT2D eigenvalue weighted by molar-refractivity contribution is 7.86. The van der Waals surface area contributed by atoms with Gasteiger partial charge in [-0.25, -0.2) is 0 Å². The number of nitrogens with one attached hydrogen (secondary N) is 1. The Bertz CT molecular complexity index is 2430. The van der Waals surface area contributed by atoms with Crippen LogP contribution in [0.1, 0.15) is 86.7 Å². The number of hydrogen-bond acceptors (Lipinski definition) is 11. The van der Waals surface area contributed by atoms with Crippen LogP contribution in [0.15, 0.2) is 77.4 Å². The standard InChI is InChI=1S/C42H57N3O14S3/c1-41(20-11-27-60(49,50)51)33-29-31(40(48)43-22-25-58-3)16-18-35(33)44(23-10-6-9-15-39(46)47)37(41)13-7-5-8-14-38-42(2,21-12-28-61(52,53)54)34-30-32(62(55,56)57)17-19-36(34)45(38)24-26-59-4/h5,7-8,13-14,16-19,29-30H,6,9-12,15,20-28H2,1-4H3,(H4-,43,46,47,48,49,50,51,52,53,54,55,56,57)/p+1. The lowest BCUT2D eigenvalue weighted by molar-refractivity contribution is -0.441. The van der Waals surface area contributed by atoms with Crippen molar-refractivity contribution < 1.29 is 67.7 Å². The molecule has 0 saturated heterocycles. The van der Waals surface area contributed by atoms with Gasteiger partial charge in [-0.1, -0.05) is 24.6 Å². The predicted octanol–water partition coefficient (Wildman–Crippen LogP) is 5.07. The van der Waals surface area contributed by atoms with E-state index < -0.39 is 58.7 Å². The second-order valence-corrected chi connectivity index (χ2v) is 20.3. The molecular formula is C42H58N3O14S3+. The van der Waals surface area contributed by atoms with Gasteiger partial charge in [0.25, 0.3) is 36.3 Å². The number of ether oxygens (including phenoxy) is 2. The third-order valence-corrected chi connectivity index (χ3v) is 13.7. The molecule has 342 valence electrons. The van der Waals surface area contributed by atoms with E-state index in [2.05, 4.69) is 10.2 Å². The lowest BCUT2D eigenvalue weighted by Crippen LogP contribution is -2.32. The van der Waals surface area contributed by atoms with E-state index in [-0.39, 0.29) is 56.1 Å². The number of anilines is 1. The first kappa shape index (κ1) is 50.4. The number of fused-ring (bicyclic) bond motifs is 2. The molecule has 0 fully saturated rings. The van der Waals surface area contributed by atoms with Gasteiger partial charge in [0, 0.05) is 73.8 Å². The molecule has 4 rings (SSSR count). The fourth-order valence-corrected chi connectivity index (χ4v) is 9.77. The lowest BCUT2D eigenvalue weighted by Gasteiger charge is -2.30. The molecule has 2 heterocycles. The molecule has 0 aliphatic carbocycles. The molecule has 2 aromatic carbocycles. The summed E-state index contributed by atoms with van der Waals surface area (Å²) in [5.74, 6) is -2.22. The summed E-state index contributed by atoms with van der Waals surface area (Å²) in [6.07, 6.45) is 11.3. The quantitative estimate of drug-likeness (QED) is 0.0377. The van der Waals surface area contributed by atoms with Gasteiger partial charge in [-0.05, 0) is 94.3 Å². The topological polar surface area (TPSA) is 254 Å². The molecule has 0 bridgehead atoms. The molecule has 2 unspecified atom stereocenters. The average molecular weight is 925 g/mol. The Morgan fingerprint density at radius 3 is 2.06 bits per heavy atom. The number of nitrogens with zero attached hydrogens (tertiary/aromatic N) is 2. The Morgan fingerprint density at radius 1 is 0.790 bits per heavy atom. The van der Waals surface area contributed by atoms with Gasteiger partial charge in [-0.3, -0.25) is 23.2 Å². The first-order valence-electron chi connectivity index (χ1n) is 20.2. The molecule has 0 spiro atoms. The number of rotatable bonds is 25. The highest BCUT2D eigenvalue weighted by Gasteiger charge is 2.48. The van der Waals surface area contributed by atoms with E-state index >= 15 is 0 Å². The minimum absolute atomic E-state index is 0.0253. The number of aliphatic carboxylic acids is 1. The molecule has 5 N–H and O–H groups in total. The zero-order valence-corrected chi connectivity index (χ0v) is 37.9. The summed E-state index contributed by atoms with van der Waals surface area (Å²) < 4.78 is 113. The minimum atomic E-state index is -4.59. The highest BCUT2D eigenvalue weighted by atomic mass is 32.2. The molecule has 2 aliphatic rings. The Hall–Kier alpha value is -4.28. The second-order valence-electron chi connectivity index (χ2n) is 15.8. The van der Waals surface area contributed by atoms with Crippen molar-refractivity contribution in [2.75, 3.05) is 63.5 Å². The number of methoxy groups -OCH3 is 2. The monoisotopic (exact) mass is 924 g/mol.